The predicted octanol–water partition coefficient (Wildman–Crippen LogP) is 1.56. The van der Waals surface area contributed by atoms with Crippen molar-refractivity contribution < 1.29 is 14.8 Å². The largest absolute Gasteiger partial charge is 0.507 e. The Labute approximate surface area is 97.9 Å². The Morgan fingerprint density at radius 2 is 2.12 bits per heavy atom. The van der Waals surface area contributed by atoms with Gasteiger partial charge in [-0.3, -0.25) is 14.9 Å². The number of hydrogen-bond donors (Lipinski definition) is 1. The average molecular weight is 236 g/mol. The molecule has 0 unspecified atom stereocenters. The first kappa shape index (κ1) is 12.7. The standard InChI is InChI=1S/C11H12N2O4/c1-12(2)6-5-11(15)9-7-8(13(16)17)3-4-10(9)14/h3-7,14H,1-2H3/b6-5+. The lowest BCUT2D eigenvalue weighted by atomic mass is 10.1. The van der Waals surface area contributed by atoms with Crippen molar-refractivity contribution >= 4 is 11.5 Å². The number of carbonyl (C=O) groups is 1. The number of benzene rings is 1. The molecule has 6 nitrogen and oxygen atoms in total. The molecule has 1 rings (SSSR count). The number of phenolic OH excluding ortho intramolecular Hbond substituents is 1. The van der Waals surface area contributed by atoms with Gasteiger partial charge in [0, 0.05) is 38.5 Å². The Kier molecular flexibility index (Phi) is 3.82. The number of nitro benzene ring substituents is 1. The van der Waals surface area contributed by atoms with Gasteiger partial charge in [0.05, 0.1) is 10.5 Å². The van der Waals surface area contributed by atoms with E-state index in [0.29, 0.717) is 0 Å². The zero-order chi connectivity index (χ0) is 13.0. The van der Waals surface area contributed by atoms with Crippen LogP contribution in [-0.4, -0.2) is 34.8 Å². The zero-order valence-electron chi connectivity index (χ0n) is 9.45. The van der Waals surface area contributed by atoms with Crippen molar-refractivity contribution in [1.29, 1.82) is 0 Å². The number of phenols is 1. The second-order valence-electron chi connectivity index (χ2n) is 3.60. The molecule has 0 aromatic heterocycles. The molecule has 0 radical (unpaired) electrons. The molecule has 0 aliphatic heterocycles. The molecule has 90 valence electrons. The van der Waals surface area contributed by atoms with E-state index in [4.69, 9.17) is 0 Å². The fourth-order valence-corrected chi connectivity index (χ4v) is 1.14. The van der Waals surface area contributed by atoms with Gasteiger partial charge in [-0.2, -0.15) is 0 Å². The summed E-state index contributed by atoms with van der Waals surface area (Å²) < 4.78 is 0. The predicted molar refractivity (Wildman–Crippen MR) is 61.9 cm³/mol. The number of nitrogens with zero attached hydrogens (tertiary/aromatic N) is 2. The van der Waals surface area contributed by atoms with Crippen molar-refractivity contribution in [2.75, 3.05) is 14.1 Å². The average Bonchev–Trinajstić information content (AvgIpc) is 2.26. The molecule has 0 spiro atoms. The Hall–Kier alpha value is -2.37. The fraction of sp³-hybridized carbons (Fsp3) is 0.182. The Morgan fingerprint density at radius 1 is 1.47 bits per heavy atom. The van der Waals surface area contributed by atoms with E-state index in [1.54, 1.807) is 19.0 Å². The number of rotatable bonds is 4. The van der Waals surface area contributed by atoms with Gasteiger partial charge in [-0.15, -0.1) is 0 Å². The maximum atomic E-state index is 11.6. The van der Waals surface area contributed by atoms with Crippen LogP contribution in [0.1, 0.15) is 10.4 Å². The monoisotopic (exact) mass is 236 g/mol. The molecule has 0 aliphatic carbocycles. The summed E-state index contributed by atoms with van der Waals surface area (Å²) in [6.07, 6.45) is 2.74. The first-order valence-corrected chi connectivity index (χ1v) is 4.78. The van der Waals surface area contributed by atoms with Gasteiger partial charge in [-0.05, 0) is 6.07 Å². The normalized spacial score (nSPS) is 10.5. The first-order chi connectivity index (χ1) is 7.91. The molecule has 0 saturated carbocycles. The highest BCUT2D eigenvalue weighted by Gasteiger charge is 2.14. The quantitative estimate of drug-likeness (QED) is 0.371. The third-order valence-electron chi connectivity index (χ3n) is 1.98. The Balaban J connectivity index is 3.08. The molecular formula is C11H12N2O4. The number of hydrogen-bond acceptors (Lipinski definition) is 5. The molecule has 0 amide bonds. The molecule has 1 aromatic rings. The van der Waals surface area contributed by atoms with E-state index in [-0.39, 0.29) is 17.0 Å². The van der Waals surface area contributed by atoms with E-state index in [1.165, 1.54) is 12.3 Å². The van der Waals surface area contributed by atoms with Crippen molar-refractivity contribution in [2.45, 2.75) is 0 Å². The van der Waals surface area contributed by atoms with E-state index < -0.39 is 10.7 Å². The van der Waals surface area contributed by atoms with Crippen LogP contribution in [0.25, 0.3) is 0 Å². The molecule has 17 heavy (non-hydrogen) atoms. The van der Waals surface area contributed by atoms with Crippen LogP contribution in [-0.2, 0) is 0 Å². The fourth-order valence-electron chi connectivity index (χ4n) is 1.14. The molecule has 1 N–H and O–H groups in total. The van der Waals surface area contributed by atoms with Crippen molar-refractivity contribution in [3.63, 3.8) is 0 Å². The van der Waals surface area contributed by atoms with Crippen molar-refractivity contribution in [2.24, 2.45) is 0 Å². The maximum absolute atomic E-state index is 11.6. The molecule has 1 aromatic carbocycles. The number of allylic oxidation sites excluding steroid dienone is 1. The second-order valence-corrected chi connectivity index (χ2v) is 3.60. The lowest BCUT2D eigenvalue weighted by molar-refractivity contribution is -0.384. The summed E-state index contributed by atoms with van der Waals surface area (Å²) in [6, 6.07) is 3.33. The van der Waals surface area contributed by atoms with Gasteiger partial charge in [-0.1, -0.05) is 0 Å². The van der Waals surface area contributed by atoms with Crippen LogP contribution in [0.5, 0.6) is 5.75 Å². The Morgan fingerprint density at radius 3 is 2.65 bits per heavy atom. The van der Waals surface area contributed by atoms with Gasteiger partial charge < -0.3 is 10.0 Å². The third kappa shape index (κ3) is 3.30. The molecule has 0 bridgehead atoms. The van der Waals surface area contributed by atoms with Gasteiger partial charge in [0.25, 0.3) is 5.69 Å². The summed E-state index contributed by atoms with van der Waals surface area (Å²) in [5, 5.41) is 20.0. The number of carbonyl (C=O) groups excluding carboxylic acids is 1. The van der Waals surface area contributed by atoms with Crippen LogP contribution in [0, 0.1) is 10.1 Å². The van der Waals surface area contributed by atoms with Gasteiger partial charge in [-0.25, -0.2) is 0 Å². The maximum Gasteiger partial charge on any atom is 0.270 e. The summed E-state index contributed by atoms with van der Waals surface area (Å²) in [6.45, 7) is 0. The second kappa shape index (κ2) is 5.11. The van der Waals surface area contributed by atoms with Gasteiger partial charge in [0.1, 0.15) is 5.75 Å². The molecule has 0 saturated heterocycles. The number of ketones is 1. The van der Waals surface area contributed by atoms with Crippen molar-refractivity contribution in [1.82, 2.24) is 4.90 Å². The van der Waals surface area contributed by atoms with E-state index in [9.17, 15) is 20.0 Å². The number of nitro groups is 1. The van der Waals surface area contributed by atoms with E-state index >= 15 is 0 Å². The van der Waals surface area contributed by atoms with E-state index in [1.807, 2.05) is 0 Å². The SMILES string of the molecule is CN(C)/C=C/C(=O)c1cc([N+](=O)[O-])ccc1O. The summed E-state index contributed by atoms with van der Waals surface area (Å²) in [7, 11) is 3.47. The number of aromatic hydroxyl groups is 1. The van der Waals surface area contributed by atoms with E-state index in [2.05, 4.69) is 0 Å². The summed E-state index contributed by atoms with van der Waals surface area (Å²) in [5.41, 5.74) is -0.318. The highest BCUT2D eigenvalue weighted by atomic mass is 16.6. The molecule has 0 fully saturated rings. The minimum atomic E-state index is -0.619. The minimum Gasteiger partial charge on any atom is -0.507 e. The van der Waals surface area contributed by atoms with Gasteiger partial charge in [0.2, 0.25) is 0 Å². The minimum absolute atomic E-state index is 0.0858. The van der Waals surface area contributed by atoms with Gasteiger partial charge in [0.15, 0.2) is 5.78 Å². The van der Waals surface area contributed by atoms with Crippen molar-refractivity contribution in [3.8, 4) is 5.75 Å². The summed E-state index contributed by atoms with van der Waals surface area (Å²) in [4.78, 5) is 23.2. The molecule has 0 heterocycles. The van der Waals surface area contributed by atoms with Crippen LogP contribution in [0.3, 0.4) is 0 Å². The number of non-ortho nitro benzene ring substituents is 1. The van der Waals surface area contributed by atoms with Crippen LogP contribution < -0.4 is 0 Å². The van der Waals surface area contributed by atoms with Gasteiger partial charge >= 0.3 is 0 Å². The Bertz CT molecular complexity index is 480. The summed E-state index contributed by atoms with van der Waals surface area (Å²) >= 11 is 0. The highest BCUT2D eigenvalue weighted by molar-refractivity contribution is 6.06. The molecule has 6 heteroatoms. The van der Waals surface area contributed by atoms with Crippen LogP contribution in [0.4, 0.5) is 5.69 Å². The molecular weight excluding hydrogens is 224 g/mol. The smallest absolute Gasteiger partial charge is 0.270 e. The van der Waals surface area contributed by atoms with Crippen molar-refractivity contribution in [3.05, 3.63) is 46.2 Å². The molecule has 0 aliphatic rings. The van der Waals surface area contributed by atoms with E-state index in [0.717, 1.165) is 18.2 Å². The molecule has 0 atom stereocenters. The topological polar surface area (TPSA) is 83.7 Å². The van der Waals surface area contributed by atoms with Crippen LogP contribution >= 0.6 is 0 Å². The highest BCUT2D eigenvalue weighted by Crippen LogP contribution is 2.23. The third-order valence-corrected chi connectivity index (χ3v) is 1.98. The van der Waals surface area contributed by atoms with Crippen LogP contribution in [0.2, 0.25) is 0 Å². The lowest BCUT2D eigenvalue weighted by Gasteiger charge is -2.04. The summed E-state index contributed by atoms with van der Waals surface area (Å²) in [5.74, 6) is -0.760. The van der Waals surface area contributed by atoms with Crippen LogP contribution in [0.15, 0.2) is 30.5 Å². The first-order valence-electron chi connectivity index (χ1n) is 4.78. The lowest BCUT2D eigenvalue weighted by Crippen LogP contribution is -2.03. The zero-order valence-corrected chi connectivity index (χ0v) is 9.45.